The molecule has 1 N–H and O–H groups in total. The first-order chi connectivity index (χ1) is 13.0. The quantitative estimate of drug-likeness (QED) is 0.648. The smallest absolute Gasteiger partial charge is 0.253 e. The second kappa shape index (κ2) is 9.83. The maximum atomic E-state index is 12.8. The molecule has 0 unspecified atom stereocenters. The third-order valence-corrected chi connectivity index (χ3v) is 4.46. The van der Waals surface area contributed by atoms with Gasteiger partial charge in [0, 0.05) is 31.2 Å². The number of nitriles is 1. The Labute approximate surface area is 167 Å². The van der Waals surface area contributed by atoms with E-state index in [2.05, 4.69) is 27.3 Å². The Morgan fingerprint density at radius 1 is 1.19 bits per heavy atom. The Hall–Kier alpha value is -2.72. The predicted octanol–water partition coefficient (Wildman–Crippen LogP) is 3.34. The molecule has 0 aliphatic rings. The maximum Gasteiger partial charge on any atom is 0.253 e. The number of carbonyl (C=O) groups is 1. The highest BCUT2D eigenvalue weighted by atomic mass is 79.9. The summed E-state index contributed by atoms with van der Waals surface area (Å²) in [7, 11) is 5.06. The Balaban J connectivity index is 2.21. The molecule has 0 fully saturated rings. The summed E-state index contributed by atoms with van der Waals surface area (Å²) < 4.78 is 10.5. The molecular weight excluding hydrogens is 410 g/mol. The number of amides is 1. The lowest BCUT2D eigenvalue weighted by atomic mass is 10.1. The van der Waals surface area contributed by atoms with Gasteiger partial charge in [-0.1, -0.05) is 22.0 Å². The van der Waals surface area contributed by atoms with E-state index in [0.717, 1.165) is 23.1 Å². The summed E-state index contributed by atoms with van der Waals surface area (Å²) in [6.45, 7) is 1.07. The number of nitrogens with zero attached hydrogens (tertiary/aromatic N) is 2. The number of benzene rings is 2. The molecule has 0 saturated carbocycles. The normalized spacial score (nSPS) is 10.0. The first-order valence-corrected chi connectivity index (χ1v) is 9.46. The molecule has 2 rings (SSSR count). The number of nitrogens with one attached hydrogen (secondary N) is 1. The standard InChI is InChI=1S/C20H22BrN3O3/c1-24(9-8-21)17-6-4-14(12-22)10-16(17)20(25)23-13-15-5-7-18(26-2)19(11-15)27-3/h4-7,10-11H,8-9,13H2,1-3H3,(H,23,25). The van der Waals surface area contributed by atoms with E-state index in [1.807, 2.05) is 24.1 Å². The molecule has 0 aliphatic carbocycles. The van der Waals surface area contributed by atoms with Gasteiger partial charge in [-0.2, -0.15) is 5.26 Å². The lowest BCUT2D eigenvalue weighted by Crippen LogP contribution is -2.27. The second-order valence-corrected chi connectivity index (χ2v) is 6.62. The van der Waals surface area contributed by atoms with Gasteiger partial charge in [-0.25, -0.2) is 0 Å². The highest BCUT2D eigenvalue weighted by molar-refractivity contribution is 9.09. The number of hydrogen-bond acceptors (Lipinski definition) is 5. The third-order valence-electron chi connectivity index (χ3n) is 4.10. The molecule has 1 amide bonds. The van der Waals surface area contributed by atoms with Gasteiger partial charge in [-0.15, -0.1) is 0 Å². The van der Waals surface area contributed by atoms with E-state index in [1.54, 1.807) is 38.5 Å². The van der Waals surface area contributed by atoms with Crippen molar-refractivity contribution < 1.29 is 14.3 Å². The maximum absolute atomic E-state index is 12.8. The van der Waals surface area contributed by atoms with Crippen LogP contribution in [0.2, 0.25) is 0 Å². The van der Waals surface area contributed by atoms with Gasteiger partial charge in [0.05, 0.1) is 31.4 Å². The molecule has 2 aromatic rings. The molecule has 0 heterocycles. The Kier molecular flexibility index (Phi) is 7.50. The molecule has 0 aliphatic heterocycles. The molecule has 27 heavy (non-hydrogen) atoms. The lowest BCUT2D eigenvalue weighted by molar-refractivity contribution is 0.0951. The number of anilines is 1. The summed E-state index contributed by atoms with van der Waals surface area (Å²) in [5.74, 6) is 1.000. The largest absolute Gasteiger partial charge is 0.493 e. The van der Waals surface area contributed by atoms with Crippen LogP contribution in [0.3, 0.4) is 0 Å². The lowest BCUT2D eigenvalue weighted by Gasteiger charge is -2.21. The zero-order valence-corrected chi connectivity index (χ0v) is 17.2. The minimum Gasteiger partial charge on any atom is -0.493 e. The fraction of sp³-hybridized carbons (Fsp3) is 0.300. The average Bonchev–Trinajstić information content (AvgIpc) is 2.71. The van der Waals surface area contributed by atoms with Gasteiger partial charge in [0.15, 0.2) is 11.5 Å². The average molecular weight is 432 g/mol. The van der Waals surface area contributed by atoms with Crippen molar-refractivity contribution in [2.45, 2.75) is 6.54 Å². The highest BCUT2D eigenvalue weighted by Crippen LogP contribution is 2.27. The Bertz CT molecular complexity index is 849. The minimum absolute atomic E-state index is 0.238. The van der Waals surface area contributed by atoms with Crippen LogP contribution in [0.4, 0.5) is 5.69 Å². The number of alkyl halides is 1. The minimum atomic E-state index is -0.238. The Morgan fingerprint density at radius 2 is 1.93 bits per heavy atom. The monoisotopic (exact) mass is 431 g/mol. The van der Waals surface area contributed by atoms with Crippen LogP contribution in [0.5, 0.6) is 11.5 Å². The van der Waals surface area contributed by atoms with Gasteiger partial charge in [-0.05, 0) is 35.9 Å². The highest BCUT2D eigenvalue weighted by Gasteiger charge is 2.15. The molecular formula is C20H22BrN3O3. The molecule has 0 radical (unpaired) electrons. The third kappa shape index (κ3) is 5.14. The molecule has 6 nitrogen and oxygen atoms in total. The van der Waals surface area contributed by atoms with Crippen molar-refractivity contribution in [3.63, 3.8) is 0 Å². The van der Waals surface area contributed by atoms with Crippen molar-refractivity contribution >= 4 is 27.5 Å². The van der Waals surface area contributed by atoms with Crippen molar-refractivity contribution in [2.24, 2.45) is 0 Å². The summed E-state index contributed by atoms with van der Waals surface area (Å²) in [5.41, 5.74) is 2.58. The molecule has 0 saturated heterocycles. The van der Waals surface area contributed by atoms with E-state index >= 15 is 0 Å². The van der Waals surface area contributed by atoms with E-state index in [4.69, 9.17) is 14.7 Å². The molecule has 142 valence electrons. The van der Waals surface area contributed by atoms with Crippen molar-refractivity contribution in [3.05, 3.63) is 53.1 Å². The molecule has 2 aromatic carbocycles. The van der Waals surface area contributed by atoms with E-state index in [0.29, 0.717) is 29.2 Å². The first-order valence-electron chi connectivity index (χ1n) is 8.34. The summed E-state index contributed by atoms with van der Waals surface area (Å²) in [6, 6.07) is 12.7. The van der Waals surface area contributed by atoms with Crippen LogP contribution in [0.1, 0.15) is 21.5 Å². The van der Waals surface area contributed by atoms with Crippen molar-refractivity contribution in [1.82, 2.24) is 5.32 Å². The van der Waals surface area contributed by atoms with Crippen LogP contribution >= 0.6 is 15.9 Å². The molecule has 0 spiro atoms. The van der Waals surface area contributed by atoms with Crippen molar-refractivity contribution in [2.75, 3.05) is 38.0 Å². The summed E-state index contributed by atoms with van der Waals surface area (Å²) in [4.78, 5) is 14.8. The number of ether oxygens (including phenoxy) is 2. The molecule has 7 heteroatoms. The zero-order valence-electron chi connectivity index (χ0n) is 15.6. The number of hydrogen-bond donors (Lipinski definition) is 1. The topological polar surface area (TPSA) is 74.6 Å². The predicted molar refractivity (Wildman–Crippen MR) is 109 cm³/mol. The number of halogens is 1. The zero-order chi connectivity index (χ0) is 19.8. The summed E-state index contributed by atoms with van der Waals surface area (Å²) >= 11 is 3.41. The fourth-order valence-corrected chi connectivity index (χ4v) is 3.17. The van der Waals surface area contributed by atoms with E-state index in [-0.39, 0.29) is 5.91 Å². The first kappa shape index (κ1) is 20.6. The van der Waals surface area contributed by atoms with Crippen LogP contribution < -0.4 is 19.7 Å². The van der Waals surface area contributed by atoms with Crippen LogP contribution in [0, 0.1) is 11.3 Å². The van der Waals surface area contributed by atoms with Gasteiger partial charge >= 0.3 is 0 Å². The van der Waals surface area contributed by atoms with Gasteiger partial charge in [0.1, 0.15) is 0 Å². The van der Waals surface area contributed by atoms with E-state index in [9.17, 15) is 4.79 Å². The van der Waals surface area contributed by atoms with Gasteiger partial charge < -0.3 is 19.7 Å². The van der Waals surface area contributed by atoms with Crippen LogP contribution in [0.25, 0.3) is 0 Å². The Morgan fingerprint density at radius 3 is 2.56 bits per heavy atom. The second-order valence-electron chi connectivity index (χ2n) is 5.83. The van der Waals surface area contributed by atoms with Gasteiger partial charge in [-0.3, -0.25) is 4.79 Å². The SMILES string of the molecule is COc1ccc(CNC(=O)c2cc(C#N)ccc2N(C)CCBr)cc1OC. The molecule has 0 aromatic heterocycles. The summed E-state index contributed by atoms with van der Waals surface area (Å²) in [6.07, 6.45) is 0. The number of methoxy groups -OCH3 is 2. The molecule has 0 atom stereocenters. The number of rotatable bonds is 8. The van der Waals surface area contributed by atoms with Crippen LogP contribution in [-0.2, 0) is 6.54 Å². The molecule has 0 bridgehead atoms. The van der Waals surface area contributed by atoms with Gasteiger partial charge in [0.25, 0.3) is 5.91 Å². The van der Waals surface area contributed by atoms with Gasteiger partial charge in [0.2, 0.25) is 0 Å². The van der Waals surface area contributed by atoms with Crippen molar-refractivity contribution in [1.29, 1.82) is 5.26 Å². The van der Waals surface area contributed by atoms with E-state index in [1.165, 1.54) is 0 Å². The number of carbonyl (C=O) groups excluding carboxylic acids is 1. The van der Waals surface area contributed by atoms with Crippen LogP contribution in [-0.4, -0.2) is 39.0 Å². The summed E-state index contributed by atoms with van der Waals surface area (Å²) in [5, 5.41) is 12.8. The van der Waals surface area contributed by atoms with E-state index < -0.39 is 0 Å². The fourth-order valence-electron chi connectivity index (χ4n) is 2.64. The van der Waals surface area contributed by atoms with Crippen LogP contribution in [0.15, 0.2) is 36.4 Å². The van der Waals surface area contributed by atoms with Crippen molar-refractivity contribution in [3.8, 4) is 17.6 Å².